The fourth-order valence-electron chi connectivity index (χ4n) is 1.36. The van der Waals surface area contributed by atoms with Gasteiger partial charge < -0.3 is 9.73 Å². The zero-order valence-electron chi connectivity index (χ0n) is 10.3. The summed E-state index contributed by atoms with van der Waals surface area (Å²) in [5.41, 5.74) is 0.524. The van der Waals surface area contributed by atoms with Gasteiger partial charge in [0.1, 0.15) is 12.6 Å². The molecule has 0 amide bonds. The van der Waals surface area contributed by atoms with Gasteiger partial charge in [-0.15, -0.1) is 0 Å². The molecule has 0 saturated heterocycles. The van der Waals surface area contributed by atoms with Gasteiger partial charge in [0.05, 0.1) is 10.6 Å². The van der Waals surface area contributed by atoms with E-state index < -0.39 is 4.92 Å². The van der Waals surface area contributed by atoms with Crippen molar-refractivity contribution in [3.05, 3.63) is 28.4 Å². The molecule has 2 heterocycles. The van der Waals surface area contributed by atoms with Crippen LogP contribution < -0.4 is 5.32 Å². The Labute approximate surface area is 112 Å². The number of nitrogens with zero attached hydrogens (tertiary/aromatic N) is 4. The molecule has 0 aliphatic carbocycles. The average molecular weight is 281 g/mol. The average Bonchev–Trinajstić information content (AvgIpc) is 2.75. The van der Waals surface area contributed by atoms with Gasteiger partial charge in [-0.3, -0.25) is 10.1 Å². The van der Waals surface area contributed by atoms with Gasteiger partial charge in [0.25, 0.3) is 5.22 Å². The van der Waals surface area contributed by atoms with E-state index in [1.807, 2.05) is 6.92 Å². The zero-order chi connectivity index (χ0) is 13.8. The van der Waals surface area contributed by atoms with Crippen LogP contribution in [0, 0.1) is 17.0 Å². The summed E-state index contributed by atoms with van der Waals surface area (Å²) in [5.74, 6) is 0.188. The highest BCUT2D eigenvalue weighted by molar-refractivity contribution is 7.99. The zero-order valence-corrected chi connectivity index (χ0v) is 11.1. The summed E-state index contributed by atoms with van der Waals surface area (Å²) in [6.07, 6.45) is 2.74. The summed E-state index contributed by atoms with van der Waals surface area (Å²) in [7, 11) is 0. The molecule has 0 fully saturated rings. The Morgan fingerprint density at radius 1 is 1.53 bits per heavy atom. The third kappa shape index (κ3) is 2.99. The molecule has 0 radical (unpaired) electrons. The third-order valence-electron chi connectivity index (χ3n) is 2.10. The first-order chi connectivity index (χ1) is 9.11. The minimum Gasteiger partial charge on any atom is -0.439 e. The number of hydrogen-bond donors (Lipinski definition) is 1. The molecule has 2 aromatic heterocycles. The van der Waals surface area contributed by atoms with Crippen molar-refractivity contribution >= 4 is 23.3 Å². The lowest BCUT2D eigenvalue weighted by Crippen LogP contribution is -2.05. The molecule has 19 heavy (non-hydrogen) atoms. The van der Waals surface area contributed by atoms with E-state index in [2.05, 4.69) is 20.3 Å². The van der Waals surface area contributed by atoms with Crippen molar-refractivity contribution in [3.8, 4) is 0 Å². The van der Waals surface area contributed by atoms with E-state index in [-0.39, 0.29) is 16.5 Å². The smallest absolute Gasteiger partial charge is 0.343 e. The summed E-state index contributed by atoms with van der Waals surface area (Å²) in [6.45, 7) is 4.13. The van der Waals surface area contributed by atoms with Gasteiger partial charge >= 0.3 is 5.69 Å². The first kappa shape index (κ1) is 13.3. The number of nitro groups is 1. The molecule has 0 unspecified atom stereocenters. The van der Waals surface area contributed by atoms with E-state index in [1.54, 1.807) is 6.92 Å². The van der Waals surface area contributed by atoms with Gasteiger partial charge in [0, 0.05) is 6.54 Å². The van der Waals surface area contributed by atoms with Gasteiger partial charge in [0.2, 0.25) is 5.82 Å². The number of oxazole rings is 1. The molecule has 0 saturated carbocycles. The first-order valence-corrected chi connectivity index (χ1v) is 6.26. The SMILES string of the molecule is CCNc1ncnc(Sc2nc(C)co2)c1[N+](=O)[O-]. The van der Waals surface area contributed by atoms with Crippen LogP contribution in [-0.4, -0.2) is 26.4 Å². The minimum atomic E-state index is -0.518. The number of aryl methyl sites for hydroxylation is 1. The standard InChI is InChI=1S/C10H11N5O3S/c1-3-11-8-7(15(16)17)9(13-5-12-8)19-10-14-6(2)4-18-10/h4-5H,3H2,1-2H3,(H,11,12,13). The lowest BCUT2D eigenvalue weighted by molar-refractivity contribution is -0.387. The van der Waals surface area contributed by atoms with Crippen LogP contribution in [0.5, 0.6) is 0 Å². The maximum atomic E-state index is 11.1. The topological polar surface area (TPSA) is 107 Å². The Hall–Kier alpha value is -2.16. The van der Waals surface area contributed by atoms with Crippen molar-refractivity contribution < 1.29 is 9.34 Å². The van der Waals surface area contributed by atoms with E-state index in [0.717, 1.165) is 11.8 Å². The van der Waals surface area contributed by atoms with Gasteiger partial charge in [-0.25, -0.2) is 15.0 Å². The quantitative estimate of drug-likeness (QED) is 0.505. The molecular formula is C10H11N5O3S. The second kappa shape index (κ2) is 5.65. The lowest BCUT2D eigenvalue weighted by atomic mass is 10.5. The maximum Gasteiger partial charge on any atom is 0.343 e. The Balaban J connectivity index is 2.38. The molecule has 0 aromatic carbocycles. The van der Waals surface area contributed by atoms with Gasteiger partial charge in [-0.1, -0.05) is 0 Å². The molecule has 2 rings (SSSR count). The molecule has 2 aromatic rings. The fourth-order valence-corrected chi connectivity index (χ4v) is 2.18. The number of aromatic nitrogens is 3. The molecular weight excluding hydrogens is 270 g/mol. The number of anilines is 1. The Kier molecular flexibility index (Phi) is 3.95. The van der Waals surface area contributed by atoms with Crippen LogP contribution in [0.1, 0.15) is 12.6 Å². The van der Waals surface area contributed by atoms with Gasteiger partial charge in [0.15, 0.2) is 5.03 Å². The molecule has 0 aliphatic heterocycles. The molecule has 1 N–H and O–H groups in total. The molecule has 0 atom stereocenters. The first-order valence-electron chi connectivity index (χ1n) is 5.45. The van der Waals surface area contributed by atoms with Crippen LogP contribution in [0.3, 0.4) is 0 Å². The van der Waals surface area contributed by atoms with Crippen molar-refractivity contribution in [1.82, 2.24) is 15.0 Å². The van der Waals surface area contributed by atoms with Crippen LogP contribution >= 0.6 is 11.8 Å². The van der Waals surface area contributed by atoms with E-state index in [9.17, 15) is 10.1 Å². The Morgan fingerprint density at radius 3 is 2.89 bits per heavy atom. The molecule has 8 nitrogen and oxygen atoms in total. The Morgan fingerprint density at radius 2 is 2.32 bits per heavy atom. The molecule has 9 heteroatoms. The van der Waals surface area contributed by atoms with Gasteiger partial charge in [-0.05, 0) is 25.6 Å². The van der Waals surface area contributed by atoms with E-state index in [4.69, 9.17) is 4.42 Å². The highest BCUT2D eigenvalue weighted by atomic mass is 32.2. The normalized spacial score (nSPS) is 10.4. The highest BCUT2D eigenvalue weighted by Crippen LogP contribution is 2.35. The number of rotatable bonds is 5. The van der Waals surface area contributed by atoms with Crippen LogP contribution in [0.4, 0.5) is 11.5 Å². The summed E-state index contributed by atoms with van der Waals surface area (Å²) in [6, 6.07) is 0. The Bertz CT molecular complexity index is 601. The monoisotopic (exact) mass is 281 g/mol. The molecule has 100 valence electrons. The number of hydrogen-bond acceptors (Lipinski definition) is 8. The van der Waals surface area contributed by atoms with Crippen LogP contribution in [0.2, 0.25) is 0 Å². The van der Waals surface area contributed by atoms with Crippen molar-refractivity contribution in [2.45, 2.75) is 24.1 Å². The molecule has 0 aliphatic rings. The third-order valence-corrected chi connectivity index (χ3v) is 2.95. The predicted molar refractivity (Wildman–Crippen MR) is 68.2 cm³/mol. The number of nitrogens with one attached hydrogen (secondary N) is 1. The summed E-state index contributed by atoms with van der Waals surface area (Å²) in [4.78, 5) is 22.5. The summed E-state index contributed by atoms with van der Waals surface area (Å²) >= 11 is 0.993. The molecule has 0 bridgehead atoms. The van der Waals surface area contributed by atoms with Crippen LogP contribution in [0.15, 0.2) is 27.3 Å². The second-order valence-corrected chi connectivity index (χ2v) is 4.46. The molecule has 0 spiro atoms. The van der Waals surface area contributed by atoms with Crippen LogP contribution in [0.25, 0.3) is 0 Å². The summed E-state index contributed by atoms with van der Waals surface area (Å²) in [5, 5.41) is 14.5. The summed E-state index contributed by atoms with van der Waals surface area (Å²) < 4.78 is 5.15. The van der Waals surface area contributed by atoms with E-state index >= 15 is 0 Å². The predicted octanol–water partition coefficient (Wildman–Crippen LogP) is 2.26. The van der Waals surface area contributed by atoms with Crippen molar-refractivity contribution in [3.63, 3.8) is 0 Å². The largest absolute Gasteiger partial charge is 0.439 e. The highest BCUT2D eigenvalue weighted by Gasteiger charge is 2.24. The fraction of sp³-hybridized carbons (Fsp3) is 0.300. The van der Waals surface area contributed by atoms with Crippen molar-refractivity contribution in [2.75, 3.05) is 11.9 Å². The van der Waals surface area contributed by atoms with Crippen molar-refractivity contribution in [2.24, 2.45) is 0 Å². The van der Waals surface area contributed by atoms with E-state index in [1.165, 1.54) is 12.6 Å². The van der Waals surface area contributed by atoms with Crippen molar-refractivity contribution in [1.29, 1.82) is 0 Å². The maximum absolute atomic E-state index is 11.1. The minimum absolute atomic E-state index is 0.176. The van der Waals surface area contributed by atoms with Crippen LogP contribution in [-0.2, 0) is 0 Å². The second-order valence-electron chi connectivity index (χ2n) is 3.52. The lowest BCUT2D eigenvalue weighted by Gasteiger charge is -2.04. The van der Waals surface area contributed by atoms with Gasteiger partial charge in [-0.2, -0.15) is 0 Å². The van der Waals surface area contributed by atoms with E-state index in [0.29, 0.717) is 17.5 Å².